The van der Waals surface area contributed by atoms with E-state index in [0.29, 0.717) is 12.2 Å². The SMILES string of the molecule is Cc1cc(=O)c(C=O)cn1-c1ccc(C(C)C)cc1. The lowest BCUT2D eigenvalue weighted by molar-refractivity contribution is 0.112. The van der Waals surface area contributed by atoms with Crippen molar-refractivity contribution in [1.29, 1.82) is 0 Å². The largest absolute Gasteiger partial charge is 0.320 e. The van der Waals surface area contributed by atoms with Crippen LogP contribution < -0.4 is 5.43 Å². The van der Waals surface area contributed by atoms with Crippen molar-refractivity contribution in [3.63, 3.8) is 0 Å². The van der Waals surface area contributed by atoms with Crippen molar-refractivity contribution in [2.75, 3.05) is 0 Å². The molecule has 0 N–H and O–H groups in total. The summed E-state index contributed by atoms with van der Waals surface area (Å²) in [6.45, 7) is 6.14. The Hall–Kier alpha value is -2.16. The van der Waals surface area contributed by atoms with E-state index in [-0.39, 0.29) is 11.0 Å². The molecule has 2 rings (SSSR count). The van der Waals surface area contributed by atoms with E-state index < -0.39 is 0 Å². The Bertz CT molecular complexity index is 651. The molecule has 0 saturated heterocycles. The molecule has 1 aromatic carbocycles. The van der Waals surface area contributed by atoms with Crippen molar-refractivity contribution in [2.45, 2.75) is 26.7 Å². The predicted molar refractivity (Wildman–Crippen MR) is 76.3 cm³/mol. The minimum atomic E-state index is -0.234. The second kappa shape index (κ2) is 5.22. The van der Waals surface area contributed by atoms with Crippen LogP contribution >= 0.6 is 0 Å². The summed E-state index contributed by atoms with van der Waals surface area (Å²) in [6.07, 6.45) is 2.19. The normalized spacial score (nSPS) is 10.7. The van der Waals surface area contributed by atoms with Crippen molar-refractivity contribution in [1.82, 2.24) is 4.57 Å². The van der Waals surface area contributed by atoms with E-state index in [0.717, 1.165) is 11.4 Å². The second-order valence-electron chi connectivity index (χ2n) is 4.97. The highest BCUT2D eigenvalue weighted by Crippen LogP contribution is 2.17. The zero-order valence-electron chi connectivity index (χ0n) is 11.4. The summed E-state index contributed by atoms with van der Waals surface area (Å²) < 4.78 is 1.86. The Balaban J connectivity index is 2.52. The van der Waals surface area contributed by atoms with Gasteiger partial charge < -0.3 is 4.57 Å². The average molecular weight is 255 g/mol. The Labute approximate surface area is 112 Å². The minimum Gasteiger partial charge on any atom is -0.320 e. The van der Waals surface area contributed by atoms with Crippen LogP contribution in [-0.4, -0.2) is 10.9 Å². The molecule has 19 heavy (non-hydrogen) atoms. The number of aromatic nitrogens is 1. The summed E-state index contributed by atoms with van der Waals surface area (Å²) in [7, 11) is 0. The zero-order valence-corrected chi connectivity index (χ0v) is 11.4. The van der Waals surface area contributed by atoms with Crippen LogP contribution in [0.5, 0.6) is 0 Å². The van der Waals surface area contributed by atoms with Gasteiger partial charge in [-0.1, -0.05) is 26.0 Å². The van der Waals surface area contributed by atoms with Gasteiger partial charge in [-0.25, -0.2) is 0 Å². The fraction of sp³-hybridized carbons (Fsp3) is 0.250. The molecule has 0 aliphatic rings. The van der Waals surface area contributed by atoms with Gasteiger partial charge >= 0.3 is 0 Å². The number of aryl methyl sites for hydroxylation is 1. The van der Waals surface area contributed by atoms with Crippen LogP contribution in [-0.2, 0) is 0 Å². The fourth-order valence-electron chi connectivity index (χ4n) is 2.03. The molecule has 3 nitrogen and oxygen atoms in total. The van der Waals surface area contributed by atoms with Crippen LogP contribution in [0.15, 0.2) is 41.3 Å². The summed E-state index contributed by atoms with van der Waals surface area (Å²) in [5.41, 5.74) is 2.97. The summed E-state index contributed by atoms with van der Waals surface area (Å²) in [6, 6.07) is 9.62. The average Bonchev–Trinajstić information content (AvgIpc) is 2.39. The number of benzene rings is 1. The van der Waals surface area contributed by atoms with Gasteiger partial charge in [0.25, 0.3) is 0 Å². The molecule has 0 aliphatic heterocycles. The molecule has 0 radical (unpaired) electrons. The topological polar surface area (TPSA) is 39.1 Å². The zero-order chi connectivity index (χ0) is 14.0. The van der Waals surface area contributed by atoms with Gasteiger partial charge in [0.2, 0.25) is 0 Å². The molecule has 0 spiro atoms. The summed E-state index contributed by atoms with van der Waals surface area (Å²) in [5, 5.41) is 0. The Morgan fingerprint density at radius 1 is 1.16 bits per heavy atom. The predicted octanol–water partition coefficient (Wildman–Crippen LogP) is 3.08. The first-order valence-electron chi connectivity index (χ1n) is 6.31. The second-order valence-corrected chi connectivity index (χ2v) is 4.97. The van der Waals surface area contributed by atoms with Crippen LogP contribution in [0.1, 0.15) is 41.4 Å². The lowest BCUT2D eigenvalue weighted by Gasteiger charge is -2.12. The third-order valence-corrected chi connectivity index (χ3v) is 3.24. The van der Waals surface area contributed by atoms with E-state index in [4.69, 9.17) is 0 Å². The molecule has 0 fully saturated rings. The maximum Gasteiger partial charge on any atom is 0.192 e. The summed E-state index contributed by atoms with van der Waals surface area (Å²) >= 11 is 0. The molecule has 0 bridgehead atoms. The molecule has 0 atom stereocenters. The smallest absolute Gasteiger partial charge is 0.192 e. The van der Waals surface area contributed by atoms with Gasteiger partial charge in [-0.05, 0) is 30.5 Å². The number of aldehydes is 1. The van der Waals surface area contributed by atoms with Gasteiger partial charge in [-0.2, -0.15) is 0 Å². The molecular formula is C16H17NO2. The maximum atomic E-state index is 11.6. The van der Waals surface area contributed by atoms with Crippen molar-refractivity contribution in [3.8, 4) is 5.69 Å². The van der Waals surface area contributed by atoms with Crippen LogP contribution in [0.3, 0.4) is 0 Å². The van der Waals surface area contributed by atoms with E-state index in [1.165, 1.54) is 11.6 Å². The molecule has 0 amide bonds. The van der Waals surface area contributed by atoms with Gasteiger partial charge in [0.1, 0.15) is 0 Å². The van der Waals surface area contributed by atoms with Gasteiger partial charge in [0.15, 0.2) is 11.7 Å². The first-order chi connectivity index (χ1) is 9.02. The highest BCUT2D eigenvalue weighted by Gasteiger charge is 2.05. The van der Waals surface area contributed by atoms with Crippen molar-refractivity contribution < 1.29 is 4.79 Å². The first kappa shape index (κ1) is 13.3. The molecule has 1 heterocycles. The van der Waals surface area contributed by atoms with E-state index in [9.17, 15) is 9.59 Å². The number of pyridine rings is 1. The molecule has 98 valence electrons. The van der Waals surface area contributed by atoms with Gasteiger partial charge in [-0.15, -0.1) is 0 Å². The molecule has 0 unspecified atom stereocenters. The Morgan fingerprint density at radius 3 is 2.32 bits per heavy atom. The van der Waals surface area contributed by atoms with Crippen molar-refractivity contribution in [2.24, 2.45) is 0 Å². The monoisotopic (exact) mass is 255 g/mol. The molecule has 3 heteroatoms. The minimum absolute atomic E-state index is 0.179. The van der Waals surface area contributed by atoms with E-state index in [2.05, 4.69) is 26.0 Å². The van der Waals surface area contributed by atoms with Crippen LogP contribution in [0.2, 0.25) is 0 Å². The number of carbonyl (C=O) groups excluding carboxylic acids is 1. The first-order valence-corrected chi connectivity index (χ1v) is 6.31. The van der Waals surface area contributed by atoms with Crippen molar-refractivity contribution >= 4 is 6.29 Å². The fourth-order valence-corrected chi connectivity index (χ4v) is 2.03. The molecule has 1 aromatic heterocycles. The number of nitrogens with zero attached hydrogens (tertiary/aromatic N) is 1. The van der Waals surface area contributed by atoms with Crippen LogP contribution in [0.25, 0.3) is 5.69 Å². The Morgan fingerprint density at radius 2 is 1.79 bits per heavy atom. The van der Waals surface area contributed by atoms with Crippen LogP contribution in [0.4, 0.5) is 0 Å². The highest BCUT2D eigenvalue weighted by molar-refractivity contribution is 5.74. The number of hydrogen-bond acceptors (Lipinski definition) is 2. The maximum absolute atomic E-state index is 11.6. The number of rotatable bonds is 3. The van der Waals surface area contributed by atoms with E-state index >= 15 is 0 Å². The standard InChI is InChI=1S/C16H17NO2/c1-11(2)13-4-6-15(7-5-13)17-9-14(10-18)16(19)8-12(17)3/h4-11H,1-3H3. The number of carbonyl (C=O) groups is 1. The molecular weight excluding hydrogens is 238 g/mol. The quantitative estimate of drug-likeness (QED) is 0.791. The molecule has 0 aliphatic carbocycles. The highest BCUT2D eigenvalue weighted by atomic mass is 16.1. The molecule has 2 aromatic rings. The number of hydrogen-bond donors (Lipinski definition) is 0. The van der Waals surface area contributed by atoms with Gasteiger partial charge in [0, 0.05) is 23.6 Å². The van der Waals surface area contributed by atoms with Gasteiger partial charge in [0.05, 0.1) is 5.56 Å². The lowest BCUT2D eigenvalue weighted by Crippen LogP contribution is -2.13. The van der Waals surface area contributed by atoms with E-state index in [1.807, 2.05) is 23.6 Å². The Kier molecular flexibility index (Phi) is 3.65. The lowest BCUT2D eigenvalue weighted by atomic mass is 10.0. The van der Waals surface area contributed by atoms with Gasteiger partial charge in [-0.3, -0.25) is 9.59 Å². The van der Waals surface area contributed by atoms with Crippen molar-refractivity contribution in [3.05, 3.63) is 63.6 Å². The third-order valence-electron chi connectivity index (χ3n) is 3.24. The summed E-state index contributed by atoms with van der Waals surface area (Å²) in [5.74, 6) is 0.481. The molecule has 0 saturated carbocycles. The van der Waals surface area contributed by atoms with Crippen LogP contribution in [0, 0.1) is 6.92 Å². The van der Waals surface area contributed by atoms with E-state index in [1.54, 1.807) is 6.20 Å². The summed E-state index contributed by atoms with van der Waals surface area (Å²) in [4.78, 5) is 22.4. The third kappa shape index (κ3) is 2.65.